The zero-order valence-electron chi connectivity index (χ0n) is 20.8. The van der Waals surface area contributed by atoms with Gasteiger partial charge >= 0.3 is 12.1 Å². The molecule has 2 atom stereocenters. The van der Waals surface area contributed by atoms with Crippen molar-refractivity contribution >= 4 is 29.3 Å². The number of carbonyl (C=O) groups excluding carboxylic acids is 2. The number of aromatic nitrogens is 2. The number of ether oxygens (including phenoxy) is 1. The van der Waals surface area contributed by atoms with Crippen molar-refractivity contribution in [2.24, 2.45) is 5.11 Å². The van der Waals surface area contributed by atoms with Gasteiger partial charge in [0.05, 0.1) is 17.4 Å². The molecule has 2 unspecified atom stereocenters. The van der Waals surface area contributed by atoms with Crippen molar-refractivity contribution in [2.75, 3.05) is 16.8 Å². The Bertz CT molecular complexity index is 1370. The Labute approximate surface area is 212 Å². The number of carbonyl (C=O) groups is 3. The van der Waals surface area contributed by atoms with Gasteiger partial charge < -0.3 is 15.2 Å². The van der Waals surface area contributed by atoms with E-state index in [0.29, 0.717) is 0 Å². The molecule has 0 bridgehead atoms. The van der Waals surface area contributed by atoms with E-state index in [4.69, 9.17) is 10.3 Å². The Kier molecular flexibility index (Phi) is 7.40. The van der Waals surface area contributed by atoms with Crippen molar-refractivity contribution in [2.45, 2.75) is 51.3 Å². The molecule has 13 heteroatoms. The maximum absolute atomic E-state index is 13.5. The fraction of sp³-hybridized carbons (Fsp3) is 0.375. The third-order valence-electron chi connectivity index (χ3n) is 5.56. The highest BCUT2D eigenvalue weighted by molar-refractivity contribution is 6.02. The standard InChI is InChI=1S/C24H27N7O6/c1-6-11-30(22(35)36)17-13-26-21-24(5,28-29-25)12-16(31(21)19(17)33)18(32)27-15-10-8-7-9-14(15)20(34)37-23(2,3)4/h6-10,13,16H,1,11-12H2,2-5H3,(H,27,32)(H,35,36). The normalized spacial score (nSPS) is 18.2. The Morgan fingerprint density at radius 3 is 2.68 bits per heavy atom. The quantitative estimate of drug-likeness (QED) is 0.186. The molecule has 13 nitrogen and oxygen atoms in total. The summed E-state index contributed by atoms with van der Waals surface area (Å²) in [5.74, 6) is -1.35. The Balaban J connectivity index is 2.08. The van der Waals surface area contributed by atoms with Crippen LogP contribution in [0.5, 0.6) is 0 Å². The van der Waals surface area contributed by atoms with Gasteiger partial charge in [0.1, 0.15) is 28.7 Å². The maximum atomic E-state index is 13.5. The van der Waals surface area contributed by atoms with Crippen molar-refractivity contribution in [3.05, 3.63) is 75.3 Å². The fourth-order valence-corrected chi connectivity index (χ4v) is 4.01. The molecule has 0 radical (unpaired) electrons. The van der Waals surface area contributed by atoms with E-state index in [2.05, 4.69) is 26.9 Å². The number of fused-ring (bicyclic) bond motifs is 1. The van der Waals surface area contributed by atoms with Gasteiger partial charge in [-0.1, -0.05) is 23.3 Å². The lowest BCUT2D eigenvalue weighted by Gasteiger charge is -2.21. The van der Waals surface area contributed by atoms with Crippen LogP contribution in [0.1, 0.15) is 56.3 Å². The van der Waals surface area contributed by atoms with Gasteiger partial charge in [-0.05, 0) is 51.8 Å². The lowest BCUT2D eigenvalue weighted by molar-refractivity contribution is -0.119. The fourth-order valence-electron chi connectivity index (χ4n) is 4.01. The summed E-state index contributed by atoms with van der Waals surface area (Å²) in [6.07, 6.45) is 0.822. The van der Waals surface area contributed by atoms with Gasteiger partial charge in [0.2, 0.25) is 5.91 Å². The highest BCUT2D eigenvalue weighted by Gasteiger charge is 2.46. The molecule has 0 fully saturated rings. The first-order chi connectivity index (χ1) is 17.3. The number of para-hydroxylation sites is 1. The van der Waals surface area contributed by atoms with Crippen LogP contribution in [0, 0.1) is 0 Å². The van der Waals surface area contributed by atoms with Crippen LogP contribution in [-0.2, 0) is 15.1 Å². The predicted octanol–water partition coefficient (Wildman–Crippen LogP) is 3.98. The second-order valence-electron chi connectivity index (χ2n) is 9.54. The summed E-state index contributed by atoms with van der Waals surface area (Å²) >= 11 is 0. The molecule has 1 aliphatic rings. The molecule has 0 saturated carbocycles. The van der Waals surface area contributed by atoms with E-state index in [1.807, 2.05) is 0 Å². The van der Waals surface area contributed by atoms with Crippen LogP contribution >= 0.6 is 0 Å². The molecule has 2 amide bonds. The van der Waals surface area contributed by atoms with Gasteiger partial charge in [-0.2, -0.15) is 0 Å². The number of esters is 1. The van der Waals surface area contributed by atoms with Crippen molar-refractivity contribution in [1.29, 1.82) is 0 Å². The first-order valence-electron chi connectivity index (χ1n) is 11.3. The van der Waals surface area contributed by atoms with Crippen LogP contribution in [0.15, 0.2) is 53.0 Å². The second-order valence-corrected chi connectivity index (χ2v) is 9.54. The first-order valence-corrected chi connectivity index (χ1v) is 11.3. The highest BCUT2D eigenvalue weighted by atomic mass is 16.6. The minimum Gasteiger partial charge on any atom is -0.465 e. The molecule has 0 saturated heterocycles. The van der Waals surface area contributed by atoms with Gasteiger partial charge in [0.15, 0.2) is 0 Å². The minimum atomic E-state index is -1.41. The van der Waals surface area contributed by atoms with Crippen LogP contribution in [0.2, 0.25) is 0 Å². The second kappa shape index (κ2) is 10.2. The average Bonchev–Trinajstić information content (AvgIpc) is 3.10. The van der Waals surface area contributed by atoms with Gasteiger partial charge in [0.25, 0.3) is 5.56 Å². The SMILES string of the molecule is C=CCN(C(=O)O)c1cnc2n(c1=O)C(C(=O)Nc1ccccc1C(=O)OC(C)(C)C)CC2(C)N=[N+]=[N-]. The number of nitrogens with zero attached hydrogens (tertiary/aromatic N) is 6. The number of azide groups is 1. The zero-order valence-corrected chi connectivity index (χ0v) is 20.8. The van der Waals surface area contributed by atoms with E-state index in [9.17, 15) is 24.3 Å². The molecule has 2 aromatic rings. The summed E-state index contributed by atoms with van der Waals surface area (Å²) in [4.78, 5) is 59.2. The van der Waals surface area contributed by atoms with Crippen molar-refractivity contribution in [1.82, 2.24) is 9.55 Å². The van der Waals surface area contributed by atoms with Crippen LogP contribution in [-0.4, -0.2) is 44.8 Å². The molecule has 0 aliphatic carbocycles. The van der Waals surface area contributed by atoms with Crippen molar-refractivity contribution < 1.29 is 24.2 Å². The lowest BCUT2D eigenvalue weighted by atomic mass is 9.97. The summed E-state index contributed by atoms with van der Waals surface area (Å²) < 4.78 is 6.44. The van der Waals surface area contributed by atoms with Crippen LogP contribution in [0.3, 0.4) is 0 Å². The molecule has 1 aromatic heterocycles. The van der Waals surface area contributed by atoms with Crippen LogP contribution in [0.25, 0.3) is 10.4 Å². The first kappa shape index (κ1) is 27.0. The molecule has 2 N–H and O–H groups in total. The molecule has 37 heavy (non-hydrogen) atoms. The van der Waals surface area contributed by atoms with E-state index < -0.39 is 40.7 Å². The molecular weight excluding hydrogens is 482 g/mol. The van der Waals surface area contributed by atoms with E-state index in [-0.39, 0.29) is 35.7 Å². The number of anilines is 2. The molecule has 1 aromatic carbocycles. The molecule has 194 valence electrons. The lowest BCUT2D eigenvalue weighted by Crippen LogP contribution is -2.39. The summed E-state index contributed by atoms with van der Waals surface area (Å²) in [7, 11) is 0. The Morgan fingerprint density at radius 1 is 1.41 bits per heavy atom. The number of benzene rings is 1. The third-order valence-corrected chi connectivity index (χ3v) is 5.56. The van der Waals surface area contributed by atoms with Crippen LogP contribution < -0.4 is 15.8 Å². The molecular formula is C24H27N7O6. The zero-order chi connectivity index (χ0) is 27.5. The van der Waals surface area contributed by atoms with Gasteiger partial charge in [0, 0.05) is 11.5 Å². The number of nitrogens with one attached hydrogen (secondary N) is 1. The summed E-state index contributed by atoms with van der Waals surface area (Å²) in [6, 6.07) is 4.99. The maximum Gasteiger partial charge on any atom is 0.412 e. The topological polar surface area (TPSA) is 180 Å². The number of carboxylic acid groups (broad SMARTS) is 1. The predicted molar refractivity (Wildman–Crippen MR) is 134 cm³/mol. The van der Waals surface area contributed by atoms with E-state index in [1.165, 1.54) is 25.1 Å². The number of rotatable bonds is 7. The van der Waals surface area contributed by atoms with Gasteiger partial charge in [-0.15, -0.1) is 6.58 Å². The third kappa shape index (κ3) is 5.46. The average molecular weight is 510 g/mol. The van der Waals surface area contributed by atoms with E-state index in [1.54, 1.807) is 32.9 Å². The molecule has 2 heterocycles. The van der Waals surface area contributed by atoms with E-state index >= 15 is 0 Å². The summed E-state index contributed by atoms with van der Waals surface area (Å²) in [5.41, 5.74) is 6.12. The molecule has 3 rings (SSSR count). The summed E-state index contributed by atoms with van der Waals surface area (Å²) in [5, 5.41) is 16.0. The van der Waals surface area contributed by atoms with Crippen LogP contribution in [0.4, 0.5) is 16.2 Å². The summed E-state index contributed by atoms with van der Waals surface area (Å²) in [6.45, 7) is 9.96. The number of hydrogen-bond acceptors (Lipinski definition) is 7. The van der Waals surface area contributed by atoms with Gasteiger partial charge in [-0.3, -0.25) is 19.1 Å². The number of amides is 2. The highest BCUT2D eigenvalue weighted by Crippen LogP contribution is 2.41. The monoisotopic (exact) mass is 509 g/mol. The Hall–Kier alpha value is -4.64. The number of hydrogen-bond donors (Lipinski definition) is 2. The van der Waals surface area contributed by atoms with Gasteiger partial charge in [-0.25, -0.2) is 14.6 Å². The minimum absolute atomic E-state index is 0.00330. The Morgan fingerprint density at radius 2 is 2.08 bits per heavy atom. The molecule has 1 aliphatic heterocycles. The van der Waals surface area contributed by atoms with Crippen molar-refractivity contribution in [3.63, 3.8) is 0 Å². The van der Waals surface area contributed by atoms with Crippen molar-refractivity contribution in [3.8, 4) is 0 Å². The smallest absolute Gasteiger partial charge is 0.412 e. The molecule has 0 spiro atoms. The van der Waals surface area contributed by atoms with E-state index in [0.717, 1.165) is 15.7 Å². The largest absolute Gasteiger partial charge is 0.465 e.